The minimum Gasteiger partial charge on any atom is -0.381 e. The lowest BCUT2D eigenvalue weighted by molar-refractivity contribution is -0.128. The lowest BCUT2D eigenvalue weighted by Crippen LogP contribution is -2.35. The van der Waals surface area contributed by atoms with Gasteiger partial charge in [0, 0.05) is 19.1 Å². The van der Waals surface area contributed by atoms with Crippen molar-refractivity contribution < 1.29 is 9.53 Å². The summed E-state index contributed by atoms with van der Waals surface area (Å²) in [5.74, 6) is 0.196. The SMILES string of the molecule is CC(NC(=O)C1CCOCC1)c1ccc(-n2cncn2)cc1. The molecular weight excluding hydrogens is 280 g/mol. The standard InChI is InChI=1S/C16H20N4O2/c1-12(19-16(21)14-6-8-22-9-7-14)13-2-4-15(5-3-13)20-11-17-10-18-20/h2-5,10-12,14H,6-9H2,1H3,(H,19,21). The van der Waals surface area contributed by atoms with Crippen LogP contribution in [0.25, 0.3) is 5.69 Å². The molecule has 1 aliphatic rings. The molecule has 116 valence electrons. The summed E-state index contributed by atoms with van der Waals surface area (Å²) in [5.41, 5.74) is 2.02. The fraction of sp³-hybridized carbons (Fsp3) is 0.438. The fourth-order valence-electron chi connectivity index (χ4n) is 2.63. The van der Waals surface area contributed by atoms with Gasteiger partial charge in [0.1, 0.15) is 12.7 Å². The first kappa shape index (κ1) is 14.7. The summed E-state index contributed by atoms with van der Waals surface area (Å²) in [5, 5.41) is 7.19. The molecule has 0 radical (unpaired) electrons. The molecule has 1 fully saturated rings. The van der Waals surface area contributed by atoms with Crippen molar-refractivity contribution in [3.8, 4) is 5.69 Å². The number of carbonyl (C=O) groups is 1. The van der Waals surface area contributed by atoms with Gasteiger partial charge in [-0.2, -0.15) is 5.10 Å². The average molecular weight is 300 g/mol. The number of benzene rings is 1. The Morgan fingerprint density at radius 2 is 2.05 bits per heavy atom. The van der Waals surface area contributed by atoms with E-state index in [1.807, 2.05) is 31.2 Å². The van der Waals surface area contributed by atoms with E-state index in [9.17, 15) is 4.79 Å². The molecule has 6 heteroatoms. The molecule has 22 heavy (non-hydrogen) atoms. The minimum absolute atomic E-state index is 0.0138. The second kappa shape index (κ2) is 6.70. The Hall–Kier alpha value is -2.21. The highest BCUT2D eigenvalue weighted by Gasteiger charge is 2.22. The van der Waals surface area contributed by atoms with Gasteiger partial charge in [-0.3, -0.25) is 4.79 Å². The van der Waals surface area contributed by atoms with Crippen LogP contribution in [0.4, 0.5) is 0 Å². The maximum absolute atomic E-state index is 12.2. The number of nitrogens with one attached hydrogen (secondary N) is 1. The molecule has 1 atom stereocenters. The zero-order valence-electron chi connectivity index (χ0n) is 12.6. The second-order valence-corrected chi connectivity index (χ2v) is 5.55. The average Bonchev–Trinajstić information content (AvgIpc) is 3.10. The molecule has 1 aliphatic heterocycles. The predicted molar refractivity (Wildman–Crippen MR) is 81.5 cm³/mol. The van der Waals surface area contributed by atoms with E-state index in [4.69, 9.17) is 4.74 Å². The van der Waals surface area contributed by atoms with Crippen molar-refractivity contribution in [2.75, 3.05) is 13.2 Å². The molecule has 0 saturated carbocycles. The van der Waals surface area contributed by atoms with Gasteiger partial charge in [0.25, 0.3) is 0 Å². The third-order valence-corrected chi connectivity index (χ3v) is 4.03. The van der Waals surface area contributed by atoms with E-state index in [0.717, 1.165) is 24.1 Å². The topological polar surface area (TPSA) is 69.0 Å². The number of amides is 1. The number of rotatable bonds is 4. The predicted octanol–water partition coefficient (Wildman–Crippen LogP) is 1.87. The molecule has 2 heterocycles. The monoisotopic (exact) mass is 300 g/mol. The van der Waals surface area contributed by atoms with E-state index in [2.05, 4.69) is 15.4 Å². The maximum atomic E-state index is 12.2. The zero-order valence-corrected chi connectivity index (χ0v) is 12.6. The van der Waals surface area contributed by atoms with Crippen LogP contribution in [0.15, 0.2) is 36.9 Å². The van der Waals surface area contributed by atoms with Gasteiger partial charge < -0.3 is 10.1 Å². The van der Waals surface area contributed by atoms with Crippen LogP contribution in [0.1, 0.15) is 31.4 Å². The Labute approximate surface area is 129 Å². The highest BCUT2D eigenvalue weighted by Crippen LogP contribution is 2.19. The summed E-state index contributed by atoms with van der Waals surface area (Å²) >= 11 is 0. The number of aromatic nitrogens is 3. The summed E-state index contributed by atoms with van der Waals surface area (Å²) < 4.78 is 7.00. The molecule has 0 bridgehead atoms. The molecule has 1 aromatic heterocycles. The van der Waals surface area contributed by atoms with Gasteiger partial charge in [0.15, 0.2) is 0 Å². The molecular formula is C16H20N4O2. The van der Waals surface area contributed by atoms with E-state index < -0.39 is 0 Å². The molecule has 0 spiro atoms. The van der Waals surface area contributed by atoms with Crippen LogP contribution in [0.2, 0.25) is 0 Å². The van der Waals surface area contributed by atoms with Crippen molar-refractivity contribution in [2.45, 2.75) is 25.8 Å². The lowest BCUT2D eigenvalue weighted by Gasteiger charge is -2.23. The summed E-state index contributed by atoms with van der Waals surface area (Å²) in [4.78, 5) is 16.2. The Bertz CT molecular complexity index is 604. The lowest BCUT2D eigenvalue weighted by atomic mass is 9.98. The van der Waals surface area contributed by atoms with Crippen molar-refractivity contribution in [2.24, 2.45) is 5.92 Å². The van der Waals surface area contributed by atoms with Crippen LogP contribution >= 0.6 is 0 Å². The van der Waals surface area contributed by atoms with E-state index >= 15 is 0 Å². The van der Waals surface area contributed by atoms with Crippen LogP contribution in [-0.4, -0.2) is 33.9 Å². The Kier molecular flexibility index (Phi) is 4.48. The van der Waals surface area contributed by atoms with Crippen molar-refractivity contribution in [3.63, 3.8) is 0 Å². The molecule has 1 saturated heterocycles. The number of hydrogen-bond acceptors (Lipinski definition) is 4. The van der Waals surface area contributed by atoms with Crippen molar-refractivity contribution in [1.82, 2.24) is 20.1 Å². The third kappa shape index (κ3) is 3.33. The van der Waals surface area contributed by atoms with Crippen LogP contribution in [0.5, 0.6) is 0 Å². The summed E-state index contributed by atoms with van der Waals surface area (Å²) in [6.07, 6.45) is 4.78. The van der Waals surface area contributed by atoms with Crippen LogP contribution < -0.4 is 5.32 Å². The van der Waals surface area contributed by atoms with Crippen LogP contribution in [0, 0.1) is 5.92 Å². The smallest absolute Gasteiger partial charge is 0.223 e. The summed E-state index contributed by atoms with van der Waals surface area (Å²) in [7, 11) is 0. The number of hydrogen-bond donors (Lipinski definition) is 1. The van der Waals surface area contributed by atoms with Gasteiger partial charge >= 0.3 is 0 Å². The van der Waals surface area contributed by atoms with Crippen molar-refractivity contribution in [1.29, 1.82) is 0 Å². The van der Waals surface area contributed by atoms with E-state index in [1.54, 1.807) is 11.0 Å². The normalized spacial score (nSPS) is 17.1. The molecule has 1 amide bonds. The van der Waals surface area contributed by atoms with Gasteiger partial charge in [-0.15, -0.1) is 0 Å². The van der Waals surface area contributed by atoms with Gasteiger partial charge in [-0.05, 0) is 37.5 Å². The van der Waals surface area contributed by atoms with E-state index in [0.29, 0.717) is 13.2 Å². The van der Waals surface area contributed by atoms with Crippen LogP contribution in [0.3, 0.4) is 0 Å². The van der Waals surface area contributed by atoms with Gasteiger partial charge in [-0.1, -0.05) is 12.1 Å². The Morgan fingerprint density at radius 3 is 2.68 bits per heavy atom. The third-order valence-electron chi connectivity index (χ3n) is 4.03. The Balaban J connectivity index is 1.62. The molecule has 1 unspecified atom stereocenters. The number of ether oxygens (including phenoxy) is 1. The highest BCUT2D eigenvalue weighted by molar-refractivity contribution is 5.79. The largest absolute Gasteiger partial charge is 0.381 e. The van der Waals surface area contributed by atoms with Gasteiger partial charge in [-0.25, -0.2) is 9.67 Å². The van der Waals surface area contributed by atoms with E-state index in [1.165, 1.54) is 6.33 Å². The molecule has 2 aromatic rings. The number of carbonyl (C=O) groups excluding carboxylic acids is 1. The quantitative estimate of drug-likeness (QED) is 0.936. The van der Waals surface area contributed by atoms with Gasteiger partial charge in [0.05, 0.1) is 11.7 Å². The highest BCUT2D eigenvalue weighted by atomic mass is 16.5. The molecule has 3 rings (SSSR count). The maximum Gasteiger partial charge on any atom is 0.223 e. The molecule has 1 aromatic carbocycles. The first-order valence-electron chi connectivity index (χ1n) is 7.57. The van der Waals surface area contributed by atoms with E-state index in [-0.39, 0.29) is 17.9 Å². The van der Waals surface area contributed by atoms with Crippen LogP contribution in [-0.2, 0) is 9.53 Å². The van der Waals surface area contributed by atoms with Gasteiger partial charge in [0.2, 0.25) is 5.91 Å². The first-order chi connectivity index (χ1) is 10.7. The van der Waals surface area contributed by atoms with Crippen molar-refractivity contribution >= 4 is 5.91 Å². The first-order valence-corrected chi connectivity index (χ1v) is 7.57. The number of nitrogens with zero attached hydrogens (tertiary/aromatic N) is 3. The fourth-order valence-corrected chi connectivity index (χ4v) is 2.63. The molecule has 0 aliphatic carbocycles. The zero-order chi connectivity index (χ0) is 15.4. The second-order valence-electron chi connectivity index (χ2n) is 5.55. The minimum atomic E-state index is -0.0138. The summed E-state index contributed by atoms with van der Waals surface area (Å²) in [6, 6.07) is 7.94. The Morgan fingerprint density at radius 1 is 1.32 bits per heavy atom. The summed E-state index contributed by atoms with van der Waals surface area (Å²) in [6.45, 7) is 3.36. The van der Waals surface area contributed by atoms with Crippen molar-refractivity contribution in [3.05, 3.63) is 42.5 Å². The molecule has 6 nitrogen and oxygen atoms in total. The molecule has 1 N–H and O–H groups in total.